The van der Waals surface area contributed by atoms with E-state index in [1.807, 2.05) is 0 Å². The molecule has 0 aliphatic heterocycles. The first-order valence-electron chi connectivity index (χ1n) is 6.31. The van der Waals surface area contributed by atoms with Crippen LogP contribution >= 0.6 is 34.8 Å². The summed E-state index contributed by atoms with van der Waals surface area (Å²) < 4.78 is 4.01. The number of nitrogens with one attached hydrogen (secondary N) is 1. The highest BCUT2D eigenvalue weighted by Crippen LogP contribution is 2.64. The second-order valence-electron chi connectivity index (χ2n) is 5.26. The molecule has 0 saturated heterocycles. The SMILES string of the molecule is C[C@H](OC(=O)[C@@]1(C)CC1(Cl)Cl)C(=O)Nc1cccc(Cl)c1. The third kappa shape index (κ3) is 3.44. The molecule has 0 spiro atoms. The molecule has 2 rings (SSSR count). The van der Waals surface area contributed by atoms with Crippen LogP contribution in [0.2, 0.25) is 5.02 Å². The van der Waals surface area contributed by atoms with Crippen LogP contribution in [0.4, 0.5) is 5.69 Å². The summed E-state index contributed by atoms with van der Waals surface area (Å²) >= 11 is 17.6. The fraction of sp³-hybridized carbons (Fsp3) is 0.429. The summed E-state index contributed by atoms with van der Waals surface area (Å²) in [6.45, 7) is 3.09. The van der Waals surface area contributed by atoms with Crippen molar-refractivity contribution in [2.75, 3.05) is 5.32 Å². The number of anilines is 1. The van der Waals surface area contributed by atoms with E-state index in [4.69, 9.17) is 39.5 Å². The Bertz CT molecular complexity index is 591. The van der Waals surface area contributed by atoms with E-state index in [0.717, 1.165) is 0 Å². The van der Waals surface area contributed by atoms with E-state index in [0.29, 0.717) is 17.1 Å². The van der Waals surface area contributed by atoms with Gasteiger partial charge < -0.3 is 10.1 Å². The monoisotopic (exact) mass is 349 g/mol. The summed E-state index contributed by atoms with van der Waals surface area (Å²) in [5, 5.41) is 3.11. The lowest BCUT2D eigenvalue weighted by molar-refractivity contribution is -0.158. The van der Waals surface area contributed by atoms with E-state index in [-0.39, 0.29) is 0 Å². The van der Waals surface area contributed by atoms with Crippen LogP contribution in [-0.2, 0) is 14.3 Å². The zero-order valence-corrected chi connectivity index (χ0v) is 13.7. The van der Waals surface area contributed by atoms with Crippen molar-refractivity contribution in [3.63, 3.8) is 0 Å². The molecule has 2 atom stereocenters. The molecule has 0 bridgehead atoms. The lowest BCUT2D eigenvalue weighted by atomic mass is 10.1. The van der Waals surface area contributed by atoms with Crippen molar-refractivity contribution < 1.29 is 14.3 Å². The van der Waals surface area contributed by atoms with Crippen molar-refractivity contribution in [2.45, 2.75) is 30.7 Å². The third-order valence-corrected chi connectivity index (χ3v) is 4.79. The van der Waals surface area contributed by atoms with Crippen molar-refractivity contribution in [3.05, 3.63) is 29.3 Å². The molecule has 1 fully saturated rings. The van der Waals surface area contributed by atoms with Crippen LogP contribution in [0.25, 0.3) is 0 Å². The number of amides is 1. The number of ether oxygens (including phenoxy) is 1. The number of carbonyl (C=O) groups is 2. The number of hydrogen-bond acceptors (Lipinski definition) is 3. The van der Waals surface area contributed by atoms with Crippen molar-refractivity contribution >= 4 is 52.4 Å². The number of benzene rings is 1. The summed E-state index contributed by atoms with van der Waals surface area (Å²) in [4.78, 5) is 23.9. The van der Waals surface area contributed by atoms with Crippen LogP contribution in [0.15, 0.2) is 24.3 Å². The van der Waals surface area contributed by atoms with Gasteiger partial charge in [-0.2, -0.15) is 0 Å². The number of esters is 1. The highest BCUT2D eigenvalue weighted by Gasteiger charge is 2.69. The Labute approximate surface area is 137 Å². The molecule has 0 radical (unpaired) electrons. The fourth-order valence-corrected chi connectivity index (χ4v) is 2.65. The number of alkyl halides is 2. The van der Waals surface area contributed by atoms with Crippen molar-refractivity contribution in [1.29, 1.82) is 0 Å². The van der Waals surface area contributed by atoms with Crippen molar-refractivity contribution in [1.82, 2.24) is 0 Å². The quantitative estimate of drug-likeness (QED) is 0.664. The molecule has 0 aromatic heterocycles. The molecule has 21 heavy (non-hydrogen) atoms. The van der Waals surface area contributed by atoms with Gasteiger partial charge in [0.05, 0.1) is 0 Å². The third-order valence-electron chi connectivity index (χ3n) is 3.45. The zero-order chi connectivity index (χ0) is 15.8. The molecule has 1 aliphatic rings. The molecular formula is C14H14Cl3NO3. The molecule has 1 saturated carbocycles. The smallest absolute Gasteiger partial charge is 0.315 e. The van der Waals surface area contributed by atoms with Gasteiger partial charge in [0, 0.05) is 17.1 Å². The van der Waals surface area contributed by atoms with Gasteiger partial charge in [-0.15, -0.1) is 23.2 Å². The Hall–Kier alpha value is -0.970. The van der Waals surface area contributed by atoms with Gasteiger partial charge in [-0.05, 0) is 32.0 Å². The molecule has 1 aromatic rings. The van der Waals surface area contributed by atoms with Crippen LogP contribution in [0.1, 0.15) is 20.3 Å². The number of carbonyl (C=O) groups excluding carboxylic acids is 2. The van der Waals surface area contributed by atoms with E-state index in [1.54, 1.807) is 31.2 Å². The van der Waals surface area contributed by atoms with Gasteiger partial charge in [0.25, 0.3) is 5.91 Å². The summed E-state index contributed by atoms with van der Waals surface area (Å²) in [6, 6.07) is 6.67. The largest absolute Gasteiger partial charge is 0.452 e. The number of hydrogen-bond donors (Lipinski definition) is 1. The first-order chi connectivity index (χ1) is 9.65. The van der Waals surface area contributed by atoms with Gasteiger partial charge in [-0.1, -0.05) is 17.7 Å². The van der Waals surface area contributed by atoms with E-state index < -0.39 is 27.7 Å². The van der Waals surface area contributed by atoms with Crippen molar-refractivity contribution in [3.8, 4) is 0 Å². The fourth-order valence-electron chi connectivity index (χ4n) is 1.78. The molecule has 1 N–H and O–H groups in total. The molecule has 7 heteroatoms. The Morgan fingerprint density at radius 1 is 1.38 bits per heavy atom. The maximum atomic E-state index is 12.0. The van der Waals surface area contributed by atoms with E-state index in [2.05, 4.69) is 5.32 Å². The van der Waals surface area contributed by atoms with Crippen LogP contribution in [0, 0.1) is 5.41 Å². The van der Waals surface area contributed by atoms with Crippen LogP contribution in [-0.4, -0.2) is 22.3 Å². The molecule has 0 unspecified atom stereocenters. The number of halogens is 3. The minimum absolute atomic E-state index is 0.310. The zero-order valence-electron chi connectivity index (χ0n) is 11.5. The van der Waals surface area contributed by atoms with Gasteiger partial charge in [0.15, 0.2) is 6.10 Å². The van der Waals surface area contributed by atoms with Gasteiger partial charge in [0.2, 0.25) is 0 Å². The van der Waals surface area contributed by atoms with E-state index in [1.165, 1.54) is 6.92 Å². The second-order valence-corrected chi connectivity index (χ2v) is 7.18. The Morgan fingerprint density at radius 3 is 2.52 bits per heavy atom. The van der Waals surface area contributed by atoms with E-state index in [9.17, 15) is 9.59 Å². The maximum Gasteiger partial charge on any atom is 0.315 e. The van der Waals surface area contributed by atoms with E-state index >= 15 is 0 Å². The average Bonchev–Trinajstić information content (AvgIpc) is 2.89. The second kappa shape index (κ2) is 5.67. The summed E-state index contributed by atoms with van der Waals surface area (Å²) in [5.74, 6) is -1.04. The Balaban J connectivity index is 1.93. The highest BCUT2D eigenvalue weighted by atomic mass is 35.5. The molecule has 1 aromatic carbocycles. The molecule has 1 aliphatic carbocycles. The van der Waals surface area contributed by atoms with Crippen LogP contribution in [0.5, 0.6) is 0 Å². The summed E-state index contributed by atoms with van der Waals surface area (Å²) in [5.41, 5.74) is -0.433. The minimum Gasteiger partial charge on any atom is -0.452 e. The Kier molecular flexibility index (Phi) is 4.43. The highest BCUT2D eigenvalue weighted by molar-refractivity contribution is 6.53. The minimum atomic E-state index is -1.12. The van der Waals surface area contributed by atoms with Gasteiger partial charge in [-0.3, -0.25) is 9.59 Å². The van der Waals surface area contributed by atoms with Crippen molar-refractivity contribution in [2.24, 2.45) is 5.41 Å². The summed E-state index contributed by atoms with van der Waals surface area (Å²) in [6.07, 6.45) is -0.650. The molecule has 0 heterocycles. The first kappa shape index (κ1) is 16.4. The molecule has 4 nitrogen and oxygen atoms in total. The topological polar surface area (TPSA) is 55.4 Å². The predicted octanol–water partition coefficient (Wildman–Crippen LogP) is 3.79. The van der Waals surface area contributed by atoms with Gasteiger partial charge in [-0.25, -0.2) is 0 Å². The summed E-state index contributed by atoms with van der Waals surface area (Å²) in [7, 11) is 0. The molecule has 1 amide bonds. The Morgan fingerprint density at radius 2 is 2.00 bits per heavy atom. The number of rotatable bonds is 4. The maximum absolute atomic E-state index is 12.0. The molecular weight excluding hydrogens is 337 g/mol. The van der Waals surface area contributed by atoms with Gasteiger partial charge >= 0.3 is 5.97 Å². The van der Waals surface area contributed by atoms with Crippen LogP contribution in [0.3, 0.4) is 0 Å². The van der Waals surface area contributed by atoms with Crippen LogP contribution < -0.4 is 5.32 Å². The standard InChI is InChI=1S/C14H14Cl3NO3/c1-8(21-12(20)13(2)7-14(13,16)17)11(19)18-10-5-3-4-9(15)6-10/h3-6,8H,7H2,1-2H3,(H,18,19)/t8-,13+/m0/s1. The lowest BCUT2D eigenvalue weighted by Gasteiger charge is -2.17. The molecule has 114 valence electrons. The van der Waals surface area contributed by atoms with Gasteiger partial charge in [0.1, 0.15) is 9.75 Å². The first-order valence-corrected chi connectivity index (χ1v) is 7.44. The normalized spacial score (nSPS) is 24.0. The predicted molar refractivity (Wildman–Crippen MR) is 82.8 cm³/mol. The lowest BCUT2D eigenvalue weighted by Crippen LogP contribution is -2.33. The average molecular weight is 351 g/mol.